The molecule has 0 bridgehead atoms. The Balaban J connectivity index is 0.00000242. The number of nitrogens with zero attached hydrogens (tertiary/aromatic N) is 1. The van der Waals surface area contributed by atoms with Gasteiger partial charge in [-0.25, -0.2) is 13.1 Å². The topological polar surface area (TPSA) is 101 Å². The van der Waals surface area contributed by atoms with Crippen LogP contribution in [0, 0.1) is 24.0 Å². The molecule has 1 aromatic rings. The van der Waals surface area contributed by atoms with Gasteiger partial charge in [0.2, 0.25) is 10.0 Å². The molecule has 1 fully saturated rings. The van der Waals surface area contributed by atoms with E-state index in [-0.39, 0.29) is 29.0 Å². The fourth-order valence-corrected chi connectivity index (χ4v) is 3.88. The van der Waals surface area contributed by atoms with E-state index in [9.17, 15) is 18.5 Å². The molecule has 0 spiro atoms. The van der Waals surface area contributed by atoms with Crippen LogP contribution < -0.4 is 10.0 Å². The Kier molecular flexibility index (Phi) is 6.30. The molecule has 9 heteroatoms. The number of nitro groups is 1. The van der Waals surface area contributed by atoms with E-state index in [2.05, 4.69) is 10.0 Å². The molecule has 1 aliphatic heterocycles. The van der Waals surface area contributed by atoms with Crippen molar-refractivity contribution < 1.29 is 13.3 Å². The number of benzene rings is 1. The molecule has 2 rings (SSSR count). The standard InChI is InChI=1S/C13H19N3O4S.ClH/c1-9-6-12(16(17)18)13(7-10(9)2)21(19,20)15-11-4-3-5-14-8-11;/h6-7,11,14-15H,3-5,8H2,1-2H3;1H/t11-;/m1./s1. The Hall–Kier alpha value is -1.22. The Morgan fingerprint density at radius 1 is 1.32 bits per heavy atom. The zero-order valence-electron chi connectivity index (χ0n) is 12.5. The summed E-state index contributed by atoms with van der Waals surface area (Å²) in [5.41, 5.74) is 1.03. The van der Waals surface area contributed by atoms with Crippen LogP contribution >= 0.6 is 12.4 Å². The fourth-order valence-electron chi connectivity index (χ4n) is 2.37. The minimum Gasteiger partial charge on any atom is -0.315 e. The normalized spacial score (nSPS) is 18.5. The third-order valence-electron chi connectivity index (χ3n) is 3.68. The van der Waals surface area contributed by atoms with Crippen LogP contribution in [0.2, 0.25) is 0 Å². The summed E-state index contributed by atoms with van der Waals surface area (Å²) in [7, 11) is -3.91. The van der Waals surface area contributed by atoms with Gasteiger partial charge in [0, 0.05) is 18.7 Å². The maximum absolute atomic E-state index is 12.4. The lowest BCUT2D eigenvalue weighted by atomic mass is 10.1. The summed E-state index contributed by atoms with van der Waals surface area (Å²) < 4.78 is 27.5. The molecule has 0 aromatic heterocycles. The van der Waals surface area contributed by atoms with Gasteiger partial charge in [0.05, 0.1) is 4.92 Å². The average molecular weight is 350 g/mol. The smallest absolute Gasteiger partial charge is 0.289 e. The summed E-state index contributed by atoms with van der Waals surface area (Å²) in [6.07, 6.45) is 1.60. The minimum atomic E-state index is -3.91. The maximum Gasteiger partial charge on any atom is 0.289 e. The number of hydrogen-bond acceptors (Lipinski definition) is 5. The van der Waals surface area contributed by atoms with Gasteiger partial charge < -0.3 is 5.32 Å². The molecular weight excluding hydrogens is 330 g/mol. The molecule has 0 saturated carbocycles. The highest BCUT2D eigenvalue weighted by atomic mass is 35.5. The molecule has 22 heavy (non-hydrogen) atoms. The van der Waals surface area contributed by atoms with Crippen LogP contribution in [0.15, 0.2) is 17.0 Å². The number of halogens is 1. The van der Waals surface area contributed by atoms with Crippen LogP contribution in [0.4, 0.5) is 5.69 Å². The second-order valence-electron chi connectivity index (χ2n) is 5.33. The molecule has 124 valence electrons. The number of nitro benzene ring substituents is 1. The molecule has 1 saturated heterocycles. The van der Waals surface area contributed by atoms with E-state index >= 15 is 0 Å². The zero-order valence-corrected chi connectivity index (χ0v) is 14.1. The highest BCUT2D eigenvalue weighted by Crippen LogP contribution is 2.27. The van der Waals surface area contributed by atoms with Gasteiger partial charge in [-0.15, -0.1) is 12.4 Å². The molecule has 1 atom stereocenters. The number of hydrogen-bond donors (Lipinski definition) is 2. The van der Waals surface area contributed by atoms with Gasteiger partial charge >= 0.3 is 0 Å². The maximum atomic E-state index is 12.4. The van der Waals surface area contributed by atoms with Crippen LogP contribution in [0.3, 0.4) is 0 Å². The fraction of sp³-hybridized carbons (Fsp3) is 0.538. The first kappa shape index (κ1) is 18.8. The van der Waals surface area contributed by atoms with Crippen LogP contribution in [-0.4, -0.2) is 32.5 Å². The summed E-state index contributed by atoms with van der Waals surface area (Å²) in [5, 5.41) is 14.2. The number of rotatable bonds is 4. The SMILES string of the molecule is Cc1cc([N+](=O)[O-])c(S(=O)(=O)N[C@@H]2CCCNC2)cc1C.Cl. The molecular formula is C13H20ClN3O4S. The van der Waals surface area contributed by atoms with Crippen molar-refractivity contribution in [2.75, 3.05) is 13.1 Å². The summed E-state index contributed by atoms with van der Waals surface area (Å²) in [5.74, 6) is 0. The van der Waals surface area contributed by atoms with Crippen LogP contribution in [0.25, 0.3) is 0 Å². The van der Waals surface area contributed by atoms with Crippen molar-refractivity contribution in [3.05, 3.63) is 33.4 Å². The van der Waals surface area contributed by atoms with Gasteiger partial charge in [-0.3, -0.25) is 10.1 Å². The van der Waals surface area contributed by atoms with Crippen LogP contribution in [0.5, 0.6) is 0 Å². The minimum absolute atomic E-state index is 0. The van der Waals surface area contributed by atoms with Gasteiger partial charge in [0.25, 0.3) is 5.69 Å². The monoisotopic (exact) mass is 349 g/mol. The number of nitrogens with one attached hydrogen (secondary N) is 2. The molecule has 0 aliphatic carbocycles. The van der Waals surface area contributed by atoms with Crippen molar-refractivity contribution in [3.63, 3.8) is 0 Å². The highest BCUT2D eigenvalue weighted by Gasteiger charge is 2.29. The van der Waals surface area contributed by atoms with Crippen LogP contribution in [0.1, 0.15) is 24.0 Å². The van der Waals surface area contributed by atoms with Gasteiger partial charge in [-0.2, -0.15) is 0 Å². The van der Waals surface area contributed by atoms with E-state index in [1.807, 2.05) is 0 Å². The summed E-state index contributed by atoms with van der Waals surface area (Å²) in [4.78, 5) is 10.2. The molecule has 2 N–H and O–H groups in total. The lowest BCUT2D eigenvalue weighted by Crippen LogP contribution is -2.45. The predicted octanol–water partition coefficient (Wildman–Crippen LogP) is 1.66. The largest absolute Gasteiger partial charge is 0.315 e. The Morgan fingerprint density at radius 2 is 1.95 bits per heavy atom. The van der Waals surface area contributed by atoms with Crippen molar-refractivity contribution in [1.82, 2.24) is 10.0 Å². The van der Waals surface area contributed by atoms with E-state index < -0.39 is 14.9 Å². The van der Waals surface area contributed by atoms with E-state index in [4.69, 9.17) is 0 Å². The van der Waals surface area contributed by atoms with Crippen molar-refractivity contribution in [3.8, 4) is 0 Å². The number of sulfonamides is 1. The third kappa shape index (κ3) is 4.16. The van der Waals surface area contributed by atoms with Crippen molar-refractivity contribution in [2.24, 2.45) is 0 Å². The first-order chi connectivity index (χ1) is 9.81. The summed E-state index contributed by atoms with van der Waals surface area (Å²) in [6.45, 7) is 4.86. The molecule has 0 radical (unpaired) electrons. The van der Waals surface area contributed by atoms with E-state index in [1.165, 1.54) is 12.1 Å². The number of aryl methyl sites for hydroxylation is 2. The lowest BCUT2D eigenvalue weighted by Gasteiger charge is -2.23. The first-order valence-electron chi connectivity index (χ1n) is 6.80. The Bertz CT molecular complexity index is 657. The van der Waals surface area contributed by atoms with Gasteiger partial charge in [0.15, 0.2) is 4.90 Å². The second-order valence-corrected chi connectivity index (χ2v) is 7.01. The van der Waals surface area contributed by atoms with E-state index in [0.29, 0.717) is 17.7 Å². The van der Waals surface area contributed by atoms with Crippen LogP contribution in [-0.2, 0) is 10.0 Å². The van der Waals surface area contributed by atoms with Crippen molar-refractivity contribution in [2.45, 2.75) is 37.6 Å². The molecule has 0 amide bonds. The average Bonchev–Trinajstić information content (AvgIpc) is 2.41. The van der Waals surface area contributed by atoms with Gasteiger partial charge in [-0.1, -0.05) is 0 Å². The Labute approximate surface area is 136 Å². The van der Waals surface area contributed by atoms with Crippen molar-refractivity contribution >= 4 is 28.1 Å². The molecule has 1 aromatic carbocycles. The quantitative estimate of drug-likeness (QED) is 0.636. The Morgan fingerprint density at radius 3 is 2.50 bits per heavy atom. The molecule has 7 nitrogen and oxygen atoms in total. The second kappa shape index (κ2) is 7.36. The van der Waals surface area contributed by atoms with Gasteiger partial charge in [0.1, 0.15) is 0 Å². The van der Waals surface area contributed by atoms with Gasteiger partial charge in [-0.05, 0) is 50.4 Å². The van der Waals surface area contributed by atoms with E-state index in [1.54, 1.807) is 13.8 Å². The van der Waals surface area contributed by atoms with E-state index in [0.717, 1.165) is 19.4 Å². The zero-order chi connectivity index (χ0) is 15.6. The highest BCUT2D eigenvalue weighted by molar-refractivity contribution is 7.89. The summed E-state index contributed by atoms with van der Waals surface area (Å²) in [6, 6.07) is 2.44. The predicted molar refractivity (Wildman–Crippen MR) is 86.0 cm³/mol. The third-order valence-corrected chi connectivity index (χ3v) is 5.23. The summed E-state index contributed by atoms with van der Waals surface area (Å²) >= 11 is 0. The molecule has 1 aliphatic rings. The lowest BCUT2D eigenvalue weighted by molar-refractivity contribution is -0.387. The molecule has 0 unspecified atom stereocenters. The number of piperidine rings is 1. The first-order valence-corrected chi connectivity index (χ1v) is 8.28. The van der Waals surface area contributed by atoms with Crippen molar-refractivity contribution in [1.29, 1.82) is 0 Å². The molecule has 1 heterocycles.